The van der Waals surface area contributed by atoms with Crippen LogP contribution in [0, 0.1) is 0 Å². The molecule has 0 radical (unpaired) electrons. The number of esters is 1. The molecule has 4 N–H and O–H groups in total. The molecular formula is C53H88O9. The average Bonchev–Trinajstić information content (AvgIpc) is 3.27. The van der Waals surface area contributed by atoms with Gasteiger partial charge in [0.15, 0.2) is 6.29 Å². The summed E-state index contributed by atoms with van der Waals surface area (Å²) in [6.45, 7) is 4.27. The van der Waals surface area contributed by atoms with Gasteiger partial charge in [0.25, 0.3) is 0 Å². The zero-order valence-electron chi connectivity index (χ0n) is 38.8. The van der Waals surface area contributed by atoms with E-state index in [9.17, 15) is 25.2 Å². The van der Waals surface area contributed by atoms with Gasteiger partial charge in [0.2, 0.25) is 0 Å². The summed E-state index contributed by atoms with van der Waals surface area (Å²) in [4.78, 5) is 12.8. The normalized spacial score (nSPS) is 20.6. The first-order valence-corrected chi connectivity index (χ1v) is 24.3. The van der Waals surface area contributed by atoms with E-state index in [1.165, 1.54) is 32.1 Å². The molecular weight excluding hydrogens is 781 g/mol. The molecule has 1 aliphatic rings. The Labute approximate surface area is 377 Å². The number of allylic oxidation sites excluding steroid dienone is 16. The highest BCUT2D eigenvalue weighted by molar-refractivity contribution is 5.69. The molecule has 6 unspecified atom stereocenters. The van der Waals surface area contributed by atoms with Crippen LogP contribution in [0.5, 0.6) is 0 Å². The maximum atomic E-state index is 12.8. The molecule has 1 rings (SSSR count). The Bertz CT molecular complexity index is 1260. The summed E-state index contributed by atoms with van der Waals surface area (Å²) < 4.78 is 22.8. The van der Waals surface area contributed by atoms with Crippen molar-refractivity contribution in [2.75, 3.05) is 26.4 Å². The van der Waals surface area contributed by atoms with E-state index in [0.717, 1.165) is 116 Å². The van der Waals surface area contributed by atoms with Gasteiger partial charge in [0.05, 0.1) is 19.8 Å². The zero-order chi connectivity index (χ0) is 45.0. The first-order valence-electron chi connectivity index (χ1n) is 24.3. The van der Waals surface area contributed by atoms with Crippen molar-refractivity contribution in [1.29, 1.82) is 0 Å². The molecule has 354 valence electrons. The quantitative estimate of drug-likeness (QED) is 0.0270. The molecule has 0 bridgehead atoms. The summed E-state index contributed by atoms with van der Waals surface area (Å²) in [5.74, 6) is -0.338. The third kappa shape index (κ3) is 33.6. The maximum Gasteiger partial charge on any atom is 0.306 e. The third-order valence-corrected chi connectivity index (χ3v) is 10.5. The topological polar surface area (TPSA) is 135 Å². The highest BCUT2D eigenvalue weighted by atomic mass is 16.7. The van der Waals surface area contributed by atoms with Crippen molar-refractivity contribution in [1.82, 2.24) is 0 Å². The molecule has 6 atom stereocenters. The van der Waals surface area contributed by atoms with Crippen molar-refractivity contribution in [2.24, 2.45) is 0 Å². The summed E-state index contributed by atoms with van der Waals surface area (Å²) in [5.41, 5.74) is 0. The fourth-order valence-electron chi connectivity index (χ4n) is 6.77. The summed E-state index contributed by atoms with van der Waals surface area (Å²) in [6, 6.07) is 0. The van der Waals surface area contributed by atoms with Gasteiger partial charge in [-0.15, -0.1) is 0 Å². The van der Waals surface area contributed by atoms with Crippen LogP contribution in [0.1, 0.15) is 168 Å². The third-order valence-electron chi connectivity index (χ3n) is 10.5. The van der Waals surface area contributed by atoms with Crippen molar-refractivity contribution in [3.63, 3.8) is 0 Å². The summed E-state index contributed by atoms with van der Waals surface area (Å²) in [6.07, 6.45) is 52.9. The van der Waals surface area contributed by atoms with E-state index >= 15 is 0 Å². The SMILES string of the molecule is CC/C=C\C/C=C\C/C=C\C/C=C\C/C=C\CCCCCCCCCCOCC(COC1OC(CO)C(O)C(O)C1O)OC(=O)CCCCCCC/C=C\C/C=C\C/C=C\CC. The number of hydrogen-bond acceptors (Lipinski definition) is 9. The molecule has 62 heavy (non-hydrogen) atoms. The van der Waals surface area contributed by atoms with Crippen LogP contribution in [0.4, 0.5) is 0 Å². The smallest absolute Gasteiger partial charge is 0.306 e. The predicted octanol–water partition coefficient (Wildman–Crippen LogP) is 11.6. The maximum absolute atomic E-state index is 12.8. The molecule has 0 aromatic carbocycles. The Balaban J connectivity index is 2.24. The minimum atomic E-state index is -1.55. The molecule has 0 aliphatic carbocycles. The van der Waals surface area contributed by atoms with Gasteiger partial charge in [-0.2, -0.15) is 0 Å². The second-order valence-corrected chi connectivity index (χ2v) is 16.1. The fraction of sp³-hybridized carbons (Fsp3) is 0.679. The predicted molar refractivity (Wildman–Crippen MR) is 256 cm³/mol. The summed E-state index contributed by atoms with van der Waals surface area (Å²) in [7, 11) is 0. The van der Waals surface area contributed by atoms with Crippen LogP contribution >= 0.6 is 0 Å². The van der Waals surface area contributed by atoms with Crippen LogP contribution in [0.2, 0.25) is 0 Å². The van der Waals surface area contributed by atoms with Crippen molar-refractivity contribution in [3.05, 3.63) is 97.2 Å². The van der Waals surface area contributed by atoms with Crippen LogP contribution in [-0.2, 0) is 23.7 Å². The molecule has 1 saturated heterocycles. The Morgan fingerprint density at radius 1 is 0.516 bits per heavy atom. The lowest BCUT2D eigenvalue weighted by Gasteiger charge is -2.39. The van der Waals surface area contributed by atoms with E-state index < -0.39 is 43.4 Å². The van der Waals surface area contributed by atoms with E-state index in [1.54, 1.807) is 0 Å². The first kappa shape index (κ1) is 57.1. The van der Waals surface area contributed by atoms with Crippen molar-refractivity contribution < 1.29 is 44.2 Å². The van der Waals surface area contributed by atoms with Crippen molar-refractivity contribution >= 4 is 5.97 Å². The van der Waals surface area contributed by atoms with Gasteiger partial charge in [0.1, 0.15) is 30.5 Å². The minimum absolute atomic E-state index is 0.125. The molecule has 9 nitrogen and oxygen atoms in total. The lowest BCUT2D eigenvalue weighted by Crippen LogP contribution is -2.59. The van der Waals surface area contributed by atoms with Gasteiger partial charge in [-0.05, 0) is 89.9 Å². The van der Waals surface area contributed by atoms with Gasteiger partial charge in [-0.25, -0.2) is 0 Å². The Morgan fingerprint density at radius 2 is 0.935 bits per heavy atom. The molecule has 9 heteroatoms. The highest BCUT2D eigenvalue weighted by Crippen LogP contribution is 2.22. The molecule has 0 spiro atoms. The van der Waals surface area contributed by atoms with Gasteiger partial charge < -0.3 is 39.4 Å². The van der Waals surface area contributed by atoms with E-state index in [-0.39, 0.29) is 19.2 Å². The van der Waals surface area contributed by atoms with Gasteiger partial charge in [-0.1, -0.05) is 169 Å². The number of hydrogen-bond donors (Lipinski definition) is 4. The standard InChI is InChI=1S/C53H88O9/c1-3-5-7-9-11-13-15-17-19-20-21-22-23-24-25-26-27-29-31-33-35-37-39-41-43-59-45-47(46-60-53-52(58)51(57)50(56)48(44-54)62-53)61-49(55)42-40-38-36-34-32-30-28-18-16-14-12-10-8-6-4-2/h5-8,11-14,17-19,21-22,24-25,28,47-48,50-54,56-58H,3-4,9-10,15-16,20,23,26-27,29-46H2,1-2H3/b7-5-,8-6-,13-11-,14-12-,19-17-,22-21-,25-24-,28-18-. The molecule has 1 heterocycles. The molecule has 0 aromatic rings. The number of ether oxygens (including phenoxy) is 4. The van der Waals surface area contributed by atoms with Gasteiger partial charge >= 0.3 is 5.97 Å². The zero-order valence-corrected chi connectivity index (χ0v) is 38.8. The van der Waals surface area contributed by atoms with Crippen molar-refractivity contribution in [2.45, 2.75) is 205 Å². The van der Waals surface area contributed by atoms with Crippen LogP contribution < -0.4 is 0 Å². The molecule has 1 aliphatic heterocycles. The van der Waals surface area contributed by atoms with E-state index in [1.807, 2.05) is 0 Å². The average molecular weight is 869 g/mol. The Kier molecular flexibility index (Phi) is 40.0. The lowest BCUT2D eigenvalue weighted by atomic mass is 9.99. The largest absolute Gasteiger partial charge is 0.457 e. The van der Waals surface area contributed by atoms with Gasteiger partial charge in [-0.3, -0.25) is 4.79 Å². The highest BCUT2D eigenvalue weighted by Gasteiger charge is 2.44. The molecule has 0 saturated carbocycles. The molecule has 0 aromatic heterocycles. The number of rotatable bonds is 40. The number of aliphatic hydroxyl groups excluding tert-OH is 4. The van der Waals surface area contributed by atoms with Crippen LogP contribution in [0.15, 0.2) is 97.2 Å². The van der Waals surface area contributed by atoms with Crippen LogP contribution in [-0.4, -0.2) is 89.6 Å². The van der Waals surface area contributed by atoms with Crippen LogP contribution in [0.25, 0.3) is 0 Å². The number of carbonyl (C=O) groups is 1. The first-order chi connectivity index (χ1) is 30.4. The molecule has 1 fully saturated rings. The number of unbranched alkanes of at least 4 members (excludes halogenated alkanes) is 13. The summed E-state index contributed by atoms with van der Waals surface area (Å²) >= 11 is 0. The lowest BCUT2D eigenvalue weighted by molar-refractivity contribution is -0.305. The fourth-order valence-corrected chi connectivity index (χ4v) is 6.77. The monoisotopic (exact) mass is 869 g/mol. The Morgan fingerprint density at radius 3 is 1.40 bits per heavy atom. The minimum Gasteiger partial charge on any atom is -0.457 e. The Hall–Kier alpha value is -2.89. The van der Waals surface area contributed by atoms with Gasteiger partial charge in [0, 0.05) is 13.0 Å². The van der Waals surface area contributed by atoms with E-state index in [2.05, 4.69) is 111 Å². The van der Waals surface area contributed by atoms with E-state index in [4.69, 9.17) is 18.9 Å². The number of carbonyl (C=O) groups excluding carboxylic acids is 1. The van der Waals surface area contributed by atoms with Crippen molar-refractivity contribution in [3.8, 4) is 0 Å². The summed E-state index contributed by atoms with van der Waals surface area (Å²) in [5, 5.41) is 40.2. The second kappa shape index (κ2) is 43.4. The van der Waals surface area contributed by atoms with E-state index in [0.29, 0.717) is 13.0 Å². The number of aliphatic hydroxyl groups is 4. The molecule has 0 amide bonds. The van der Waals surface area contributed by atoms with Crippen LogP contribution in [0.3, 0.4) is 0 Å². The second-order valence-electron chi connectivity index (χ2n) is 16.1.